The Hall–Kier alpha value is -1.69. The van der Waals surface area contributed by atoms with E-state index < -0.39 is 20.9 Å². The van der Waals surface area contributed by atoms with Gasteiger partial charge in [0.2, 0.25) is 0 Å². The van der Waals surface area contributed by atoms with E-state index in [0.717, 1.165) is 5.56 Å². The average molecular weight is 312 g/mol. The molecule has 0 heterocycles. The molecule has 0 N–H and O–H groups in total. The highest BCUT2D eigenvalue weighted by Crippen LogP contribution is 2.15. The van der Waals surface area contributed by atoms with E-state index >= 15 is 0 Å². The highest BCUT2D eigenvalue weighted by atomic mass is 32.2. The normalized spacial score (nSPS) is 13.4. The first-order chi connectivity index (χ1) is 9.89. The van der Waals surface area contributed by atoms with E-state index in [1.54, 1.807) is 19.1 Å². The van der Waals surface area contributed by atoms with Gasteiger partial charge in [0.05, 0.1) is 11.5 Å². The summed E-state index contributed by atoms with van der Waals surface area (Å²) in [5.41, 5.74) is 0.854. The van der Waals surface area contributed by atoms with Gasteiger partial charge in [-0.1, -0.05) is 43.4 Å². The molecule has 1 aliphatic carbocycles. The predicted molar refractivity (Wildman–Crippen MR) is 78.5 cm³/mol. The summed E-state index contributed by atoms with van der Waals surface area (Å²) < 4.78 is 27.8. The van der Waals surface area contributed by atoms with Crippen molar-refractivity contribution < 1.29 is 22.7 Å². The summed E-state index contributed by atoms with van der Waals surface area (Å²) in [5.74, 6) is -1.35. The molecule has 2 rings (SSSR count). The molecule has 0 aliphatic heterocycles. The zero-order valence-electron chi connectivity index (χ0n) is 12.3. The van der Waals surface area contributed by atoms with Crippen molar-refractivity contribution in [2.75, 3.05) is 6.61 Å². The van der Waals surface area contributed by atoms with Crippen molar-refractivity contribution in [1.82, 2.24) is 0 Å². The van der Waals surface area contributed by atoms with Crippen LogP contribution in [0, 0.1) is 6.92 Å². The van der Waals surface area contributed by atoms with Gasteiger partial charge in [-0.05, 0) is 26.0 Å². The van der Waals surface area contributed by atoms with Crippen molar-refractivity contribution in [3.63, 3.8) is 0 Å². The molecule has 1 aromatic carbocycles. The molecule has 0 atom stereocenters. The zero-order valence-corrected chi connectivity index (χ0v) is 13.1. The third-order valence-electron chi connectivity index (χ3n) is 3.02. The second-order valence-electron chi connectivity index (χ2n) is 4.74. The monoisotopic (exact) mass is 312 g/mol. The lowest BCUT2D eigenvalue weighted by Gasteiger charge is -2.05. The van der Waals surface area contributed by atoms with Gasteiger partial charge < -0.3 is 4.74 Å². The Morgan fingerprint density at radius 3 is 1.90 bits per heavy atom. The molecule has 21 heavy (non-hydrogen) atoms. The van der Waals surface area contributed by atoms with E-state index in [1.165, 1.54) is 44.7 Å². The van der Waals surface area contributed by atoms with Crippen molar-refractivity contribution >= 4 is 20.9 Å². The van der Waals surface area contributed by atoms with E-state index in [4.69, 9.17) is 0 Å². The summed E-state index contributed by atoms with van der Waals surface area (Å²) in [7, 11) is -4.29. The minimum absolute atomic E-state index is 0.0476. The first kappa shape index (κ1) is 17.4. The highest BCUT2D eigenvalue weighted by molar-refractivity contribution is 8.08. The number of carbonyl (C=O) groups is 2. The summed E-state index contributed by atoms with van der Waals surface area (Å²) in [6.07, 6.45) is 6.00. The number of sulfone groups is 1. The van der Waals surface area contributed by atoms with Crippen LogP contribution in [0.5, 0.6) is 0 Å². The Kier molecular flexibility index (Phi) is 6.55. The fourth-order valence-corrected chi connectivity index (χ4v) is 2.36. The first-order valence-electron chi connectivity index (χ1n) is 6.92. The molecule has 0 spiro atoms. The number of benzene rings is 1. The molecule has 5 nitrogen and oxygen atoms in total. The van der Waals surface area contributed by atoms with Crippen LogP contribution in [0.25, 0.3) is 0 Å². The largest absolute Gasteiger partial charge is 0.459 e. The summed E-state index contributed by atoms with van der Waals surface area (Å²) >= 11 is 0. The van der Waals surface area contributed by atoms with Gasteiger partial charge in [0.1, 0.15) is 0 Å². The maximum Gasteiger partial charge on any atom is 0.391 e. The Balaban J connectivity index is 0.000000471. The maximum atomic E-state index is 11.7. The van der Waals surface area contributed by atoms with Crippen molar-refractivity contribution in [1.29, 1.82) is 0 Å². The van der Waals surface area contributed by atoms with Crippen LogP contribution in [0.2, 0.25) is 0 Å². The molecule has 1 aliphatic rings. The van der Waals surface area contributed by atoms with Gasteiger partial charge >= 0.3 is 11.1 Å². The summed E-state index contributed by atoms with van der Waals surface area (Å²) in [5, 5.41) is -1.54. The van der Waals surface area contributed by atoms with Crippen molar-refractivity contribution in [3.8, 4) is 0 Å². The van der Waals surface area contributed by atoms with E-state index in [1.807, 2.05) is 0 Å². The molecule has 0 amide bonds. The van der Waals surface area contributed by atoms with Gasteiger partial charge in [0.15, 0.2) is 0 Å². The van der Waals surface area contributed by atoms with Gasteiger partial charge in [0, 0.05) is 0 Å². The van der Waals surface area contributed by atoms with Crippen molar-refractivity contribution in [2.24, 2.45) is 0 Å². The van der Waals surface area contributed by atoms with Gasteiger partial charge in [-0.25, -0.2) is 13.2 Å². The second-order valence-corrected chi connectivity index (χ2v) is 6.59. The van der Waals surface area contributed by atoms with E-state index in [-0.39, 0.29) is 11.5 Å². The summed E-state index contributed by atoms with van der Waals surface area (Å²) in [6, 6.07) is 5.65. The average Bonchev–Trinajstić information content (AvgIpc) is 2.36. The molecular formula is C15H20O5S. The minimum Gasteiger partial charge on any atom is -0.459 e. The van der Waals surface area contributed by atoms with Crippen LogP contribution in [-0.4, -0.2) is 26.1 Å². The summed E-state index contributed by atoms with van der Waals surface area (Å²) in [6.45, 7) is 3.22. The fraction of sp³-hybridized carbons (Fsp3) is 0.467. The topological polar surface area (TPSA) is 77.5 Å². The number of rotatable bonds is 2. The summed E-state index contributed by atoms with van der Waals surface area (Å²) in [4.78, 5) is 22.2. The molecule has 1 saturated carbocycles. The smallest absolute Gasteiger partial charge is 0.391 e. The maximum absolute atomic E-state index is 11.7. The van der Waals surface area contributed by atoms with Gasteiger partial charge in [-0.15, -0.1) is 0 Å². The molecule has 1 aromatic rings. The Morgan fingerprint density at radius 2 is 1.52 bits per heavy atom. The van der Waals surface area contributed by atoms with Crippen LogP contribution >= 0.6 is 0 Å². The van der Waals surface area contributed by atoms with Crippen LogP contribution in [0.4, 0.5) is 0 Å². The van der Waals surface area contributed by atoms with Crippen molar-refractivity contribution in [3.05, 3.63) is 29.8 Å². The lowest BCUT2D eigenvalue weighted by molar-refractivity contribution is -0.149. The van der Waals surface area contributed by atoms with Crippen LogP contribution in [0.3, 0.4) is 0 Å². The second kappa shape index (κ2) is 7.93. The molecule has 0 bridgehead atoms. The first-order valence-corrected chi connectivity index (χ1v) is 8.40. The standard InChI is InChI=1S/C11H12O5S.C4H8/c1-3-16-10(12)11(13)17(14,15)9-6-4-8(2)5-7-9;1-2-4-3-1/h4-7H,3H2,1-2H3;1-4H2. The number of esters is 1. The van der Waals surface area contributed by atoms with E-state index in [9.17, 15) is 18.0 Å². The zero-order chi connectivity index (χ0) is 15.9. The lowest BCUT2D eigenvalue weighted by atomic mass is 10.0. The molecule has 0 saturated heterocycles. The predicted octanol–water partition coefficient (Wildman–Crippen LogP) is 2.42. The van der Waals surface area contributed by atoms with Crippen LogP contribution < -0.4 is 0 Å². The third-order valence-corrected chi connectivity index (χ3v) is 4.57. The highest BCUT2D eigenvalue weighted by Gasteiger charge is 2.32. The number of carbonyl (C=O) groups excluding carboxylic acids is 2. The van der Waals surface area contributed by atoms with Gasteiger partial charge in [-0.2, -0.15) is 0 Å². The lowest BCUT2D eigenvalue weighted by Crippen LogP contribution is -2.26. The SMILES string of the molecule is C1CCC1.CCOC(=O)C(=O)S(=O)(=O)c1ccc(C)cc1. The molecule has 0 unspecified atom stereocenters. The molecule has 6 heteroatoms. The van der Waals surface area contributed by atoms with Gasteiger partial charge in [0.25, 0.3) is 9.84 Å². The van der Waals surface area contributed by atoms with E-state index in [0.29, 0.717) is 0 Å². The van der Waals surface area contributed by atoms with Gasteiger partial charge in [-0.3, -0.25) is 4.79 Å². The Morgan fingerprint density at radius 1 is 1.05 bits per heavy atom. The number of ether oxygens (including phenoxy) is 1. The molecule has 0 aromatic heterocycles. The Bertz CT molecular complexity index is 579. The van der Waals surface area contributed by atoms with Crippen LogP contribution in [-0.2, 0) is 24.2 Å². The number of hydrogen-bond donors (Lipinski definition) is 0. The minimum atomic E-state index is -4.29. The molecular weight excluding hydrogens is 292 g/mol. The molecule has 116 valence electrons. The third kappa shape index (κ3) is 4.97. The van der Waals surface area contributed by atoms with Crippen LogP contribution in [0.15, 0.2) is 29.2 Å². The Labute approximate surface area is 125 Å². The van der Waals surface area contributed by atoms with Crippen molar-refractivity contribution in [2.45, 2.75) is 44.4 Å². The van der Waals surface area contributed by atoms with Crippen LogP contribution in [0.1, 0.15) is 38.2 Å². The van der Waals surface area contributed by atoms with E-state index in [2.05, 4.69) is 4.74 Å². The fourth-order valence-electron chi connectivity index (χ4n) is 1.37. The molecule has 0 radical (unpaired) electrons. The number of aryl methyl sites for hydroxylation is 1. The number of hydrogen-bond acceptors (Lipinski definition) is 5. The molecule has 1 fully saturated rings. The quantitative estimate of drug-likeness (QED) is 0.619.